The Morgan fingerprint density at radius 3 is 2.93 bits per heavy atom. The fourth-order valence-corrected chi connectivity index (χ4v) is 1.09. The monoisotopic (exact) mass is 217 g/mol. The van der Waals surface area contributed by atoms with Crippen LogP contribution in [0.3, 0.4) is 0 Å². The van der Waals surface area contributed by atoms with E-state index >= 15 is 0 Å². The second kappa shape index (κ2) is 3.41. The lowest BCUT2D eigenvalue weighted by Gasteiger charge is -2.08. The van der Waals surface area contributed by atoms with E-state index in [2.05, 4.69) is 14.8 Å². The molecule has 0 N–H and O–H groups in total. The number of pyridine rings is 1. The van der Waals surface area contributed by atoms with Crippen molar-refractivity contribution in [2.24, 2.45) is 0 Å². The number of ether oxygens (including phenoxy) is 1. The van der Waals surface area contributed by atoms with Crippen molar-refractivity contribution in [2.75, 3.05) is 6.61 Å². The summed E-state index contributed by atoms with van der Waals surface area (Å²) in [5, 5.41) is 3.77. The Hall–Kier alpha value is -1.79. The number of rotatable bonds is 2. The Morgan fingerprint density at radius 2 is 2.20 bits per heavy atom. The molecule has 0 fully saturated rings. The molecule has 2 rings (SSSR count). The van der Waals surface area contributed by atoms with E-state index in [0.29, 0.717) is 0 Å². The van der Waals surface area contributed by atoms with Gasteiger partial charge in [0.1, 0.15) is 6.33 Å². The molecule has 7 heteroatoms. The van der Waals surface area contributed by atoms with Crippen LogP contribution in [0.5, 0.6) is 5.75 Å². The largest absolute Gasteiger partial charge is 0.480 e. The van der Waals surface area contributed by atoms with Gasteiger partial charge in [-0.3, -0.25) is 0 Å². The minimum atomic E-state index is -4.35. The molecule has 80 valence electrons. The molecular weight excluding hydrogens is 211 g/mol. The summed E-state index contributed by atoms with van der Waals surface area (Å²) in [6.07, 6.45) is -1.54. The third-order valence-electron chi connectivity index (χ3n) is 1.66. The highest BCUT2D eigenvalue weighted by Crippen LogP contribution is 2.20. The highest BCUT2D eigenvalue weighted by molar-refractivity contribution is 5.51. The zero-order chi connectivity index (χ0) is 10.9. The van der Waals surface area contributed by atoms with Gasteiger partial charge in [-0.05, 0) is 12.1 Å². The molecule has 0 saturated heterocycles. The van der Waals surface area contributed by atoms with Crippen LogP contribution < -0.4 is 4.74 Å². The summed E-state index contributed by atoms with van der Waals surface area (Å²) in [4.78, 5) is 3.78. The third-order valence-corrected chi connectivity index (χ3v) is 1.66. The van der Waals surface area contributed by atoms with E-state index in [1.165, 1.54) is 23.0 Å². The van der Waals surface area contributed by atoms with E-state index in [-0.39, 0.29) is 11.4 Å². The Balaban J connectivity index is 2.24. The smallest absolute Gasteiger partial charge is 0.422 e. The molecule has 0 aromatic carbocycles. The van der Waals surface area contributed by atoms with E-state index in [1.54, 1.807) is 6.20 Å². The number of aromatic nitrogens is 3. The summed E-state index contributed by atoms with van der Waals surface area (Å²) in [5.74, 6) is 0.0623. The molecular formula is C8H6F3N3O. The van der Waals surface area contributed by atoms with Crippen LogP contribution in [0.4, 0.5) is 13.2 Å². The molecule has 0 unspecified atom stereocenters. The maximum atomic E-state index is 11.9. The molecule has 2 heterocycles. The van der Waals surface area contributed by atoms with Crippen molar-refractivity contribution in [3.8, 4) is 5.75 Å². The first-order chi connectivity index (χ1) is 7.06. The lowest BCUT2D eigenvalue weighted by Crippen LogP contribution is -2.19. The van der Waals surface area contributed by atoms with E-state index in [9.17, 15) is 13.2 Å². The van der Waals surface area contributed by atoms with Gasteiger partial charge in [0.05, 0.1) is 0 Å². The molecule has 0 saturated carbocycles. The average Bonchev–Trinajstić information content (AvgIpc) is 2.61. The fourth-order valence-electron chi connectivity index (χ4n) is 1.09. The van der Waals surface area contributed by atoms with Gasteiger partial charge in [0, 0.05) is 6.20 Å². The molecule has 2 aromatic heterocycles. The molecule has 0 amide bonds. The van der Waals surface area contributed by atoms with Crippen LogP contribution in [-0.4, -0.2) is 27.4 Å². The quantitative estimate of drug-likeness (QED) is 0.768. The van der Waals surface area contributed by atoms with Crippen LogP contribution in [0.15, 0.2) is 24.7 Å². The second-order valence-corrected chi connectivity index (χ2v) is 2.80. The topological polar surface area (TPSA) is 39.4 Å². The lowest BCUT2D eigenvalue weighted by atomic mass is 10.4. The molecule has 0 radical (unpaired) electrons. The molecule has 0 aliphatic rings. The minimum absolute atomic E-state index is 0.0623. The molecule has 2 aromatic rings. The predicted molar refractivity (Wildman–Crippen MR) is 44.5 cm³/mol. The number of hydrogen-bond acceptors (Lipinski definition) is 3. The number of halogens is 3. The zero-order valence-electron chi connectivity index (χ0n) is 7.40. The van der Waals surface area contributed by atoms with Crippen LogP contribution in [0.1, 0.15) is 0 Å². The van der Waals surface area contributed by atoms with Crippen LogP contribution in [0.2, 0.25) is 0 Å². The molecule has 0 bridgehead atoms. The van der Waals surface area contributed by atoms with E-state index in [0.717, 1.165) is 0 Å². The van der Waals surface area contributed by atoms with Crippen LogP contribution in [0, 0.1) is 0 Å². The number of hydrogen-bond donors (Lipinski definition) is 0. The summed E-state index contributed by atoms with van der Waals surface area (Å²) in [5.41, 5.74) is 0.266. The number of alkyl halides is 3. The van der Waals surface area contributed by atoms with E-state index < -0.39 is 12.8 Å². The van der Waals surface area contributed by atoms with Crippen molar-refractivity contribution in [3.63, 3.8) is 0 Å². The van der Waals surface area contributed by atoms with Crippen LogP contribution >= 0.6 is 0 Å². The SMILES string of the molecule is FC(F)(F)COc1cccn2ncnc12. The van der Waals surface area contributed by atoms with Gasteiger partial charge >= 0.3 is 6.18 Å². The van der Waals surface area contributed by atoms with Crippen molar-refractivity contribution in [1.82, 2.24) is 14.6 Å². The highest BCUT2D eigenvalue weighted by Gasteiger charge is 2.28. The molecule has 0 atom stereocenters. The molecule has 15 heavy (non-hydrogen) atoms. The summed E-state index contributed by atoms with van der Waals surface area (Å²) in [6, 6.07) is 2.95. The highest BCUT2D eigenvalue weighted by atomic mass is 19.4. The maximum Gasteiger partial charge on any atom is 0.422 e. The first-order valence-corrected chi connectivity index (χ1v) is 4.04. The molecule has 0 spiro atoms. The fraction of sp³-hybridized carbons (Fsp3) is 0.250. The minimum Gasteiger partial charge on any atom is -0.480 e. The van der Waals surface area contributed by atoms with Gasteiger partial charge in [-0.15, -0.1) is 0 Å². The van der Waals surface area contributed by atoms with E-state index in [1.807, 2.05) is 0 Å². The summed E-state index contributed by atoms with van der Waals surface area (Å²) in [6.45, 7) is -1.33. The number of nitrogens with zero attached hydrogens (tertiary/aromatic N) is 3. The summed E-state index contributed by atoms with van der Waals surface area (Å²) >= 11 is 0. The first kappa shape index (κ1) is 9.75. The molecule has 4 nitrogen and oxygen atoms in total. The van der Waals surface area contributed by atoms with Gasteiger partial charge in [0.15, 0.2) is 18.0 Å². The molecule has 0 aliphatic carbocycles. The molecule has 0 aliphatic heterocycles. The van der Waals surface area contributed by atoms with Crippen molar-refractivity contribution in [3.05, 3.63) is 24.7 Å². The van der Waals surface area contributed by atoms with Crippen molar-refractivity contribution < 1.29 is 17.9 Å². The number of fused-ring (bicyclic) bond motifs is 1. The Kier molecular flexibility index (Phi) is 2.22. The zero-order valence-corrected chi connectivity index (χ0v) is 7.40. The summed E-state index contributed by atoms with van der Waals surface area (Å²) in [7, 11) is 0. The van der Waals surface area contributed by atoms with Gasteiger partial charge in [0.25, 0.3) is 0 Å². The Morgan fingerprint density at radius 1 is 1.40 bits per heavy atom. The van der Waals surface area contributed by atoms with Gasteiger partial charge in [0.2, 0.25) is 0 Å². The van der Waals surface area contributed by atoms with Crippen molar-refractivity contribution in [1.29, 1.82) is 0 Å². The van der Waals surface area contributed by atoms with Crippen LogP contribution in [0.25, 0.3) is 5.65 Å². The van der Waals surface area contributed by atoms with Gasteiger partial charge < -0.3 is 4.74 Å². The Labute approximate surface area is 82.3 Å². The lowest BCUT2D eigenvalue weighted by molar-refractivity contribution is -0.153. The van der Waals surface area contributed by atoms with Crippen molar-refractivity contribution in [2.45, 2.75) is 6.18 Å². The van der Waals surface area contributed by atoms with Crippen molar-refractivity contribution >= 4 is 5.65 Å². The van der Waals surface area contributed by atoms with Gasteiger partial charge in [-0.2, -0.15) is 18.3 Å². The average molecular weight is 217 g/mol. The normalized spacial score (nSPS) is 11.9. The maximum absolute atomic E-state index is 11.9. The second-order valence-electron chi connectivity index (χ2n) is 2.80. The van der Waals surface area contributed by atoms with E-state index in [4.69, 9.17) is 0 Å². The predicted octanol–water partition coefficient (Wildman–Crippen LogP) is 1.67. The Bertz CT molecular complexity index is 465. The van der Waals surface area contributed by atoms with Gasteiger partial charge in [-0.1, -0.05) is 0 Å². The standard InChI is InChI=1S/C8H6F3N3O/c9-8(10,11)4-15-6-2-1-3-14-7(6)12-5-13-14/h1-3,5H,4H2. The first-order valence-electron chi connectivity index (χ1n) is 4.04. The summed E-state index contributed by atoms with van der Waals surface area (Å²) < 4.78 is 41.6. The van der Waals surface area contributed by atoms with Gasteiger partial charge in [-0.25, -0.2) is 9.50 Å². The van der Waals surface area contributed by atoms with Crippen LogP contribution in [-0.2, 0) is 0 Å². The third kappa shape index (κ3) is 2.17.